The van der Waals surface area contributed by atoms with Crippen molar-refractivity contribution in [2.75, 3.05) is 13.2 Å². The molecule has 1 aromatic carbocycles. The van der Waals surface area contributed by atoms with Gasteiger partial charge >= 0.3 is 0 Å². The number of carbonyl (C=O) groups excluding carboxylic acids is 2. The molecule has 1 fully saturated rings. The quantitative estimate of drug-likeness (QED) is 0.828. The third kappa shape index (κ3) is 4.22. The Morgan fingerprint density at radius 1 is 1.17 bits per heavy atom. The van der Waals surface area contributed by atoms with Crippen LogP contribution in [0.4, 0.5) is 0 Å². The molecule has 1 unspecified atom stereocenters. The van der Waals surface area contributed by atoms with Crippen molar-refractivity contribution in [2.45, 2.75) is 44.2 Å². The van der Waals surface area contributed by atoms with Crippen molar-refractivity contribution < 1.29 is 14.3 Å². The molecule has 29 heavy (non-hydrogen) atoms. The number of amides is 2. The number of halogens is 1. The fourth-order valence-electron chi connectivity index (χ4n) is 4.12. The van der Waals surface area contributed by atoms with E-state index in [1.807, 2.05) is 0 Å². The van der Waals surface area contributed by atoms with Gasteiger partial charge in [-0.3, -0.25) is 14.6 Å². The minimum atomic E-state index is -0.749. The second-order valence-electron chi connectivity index (χ2n) is 7.49. The zero-order valence-corrected chi connectivity index (χ0v) is 16.9. The van der Waals surface area contributed by atoms with Crippen LogP contribution >= 0.6 is 11.6 Å². The monoisotopic (exact) mass is 413 g/mol. The SMILES string of the molecule is O=C(NC1CCCCC1)C(c1ccncc1)N1CCOc2c(Cl)cccc2C1=O. The summed E-state index contributed by atoms with van der Waals surface area (Å²) >= 11 is 6.23. The summed E-state index contributed by atoms with van der Waals surface area (Å²) in [4.78, 5) is 32.4. The van der Waals surface area contributed by atoms with Crippen molar-refractivity contribution >= 4 is 23.4 Å². The summed E-state index contributed by atoms with van der Waals surface area (Å²) in [6, 6.07) is 8.06. The van der Waals surface area contributed by atoms with E-state index >= 15 is 0 Å². The Kier molecular flexibility index (Phi) is 6.00. The second-order valence-corrected chi connectivity index (χ2v) is 7.90. The number of benzene rings is 1. The normalized spacial score (nSPS) is 18.4. The van der Waals surface area contributed by atoms with E-state index in [1.54, 1.807) is 47.6 Å². The van der Waals surface area contributed by atoms with E-state index in [0.29, 0.717) is 16.3 Å². The lowest BCUT2D eigenvalue weighted by Crippen LogP contribution is -2.47. The van der Waals surface area contributed by atoms with Gasteiger partial charge in [0.05, 0.1) is 17.1 Å². The minimum absolute atomic E-state index is 0.153. The summed E-state index contributed by atoms with van der Waals surface area (Å²) in [5, 5.41) is 3.56. The van der Waals surface area contributed by atoms with Gasteiger partial charge in [-0.25, -0.2) is 0 Å². The van der Waals surface area contributed by atoms with Crippen molar-refractivity contribution in [3.05, 3.63) is 58.9 Å². The Balaban J connectivity index is 1.67. The third-order valence-electron chi connectivity index (χ3n) is 5.57. The lowest BCUT2D eigenvalue weighted by molar-refractivity contribution is -0.127. The molecule has 1 N–H and O–H groups in total. The molecule has 152 valence electrons. The molecule has 0 radical (unpaired) electrons. The molecule has 0 bridgehead atoms. The summed E-state index contributed by atoms with van der Waals surface area (Å²) in [5.74, 6) is -0.0506. The standard InChI is InChI=1S/C22H24ClN3O3/c23-18-8-4-7-17-20(18)29-14-13-26(22(17)28)19(15-9-11-24-12-10-15)21(27)25-16-5-2-1-3-6-16/h4,7-12,16,19H,1-3,5-6,13-14H2,(H,25,27). The van der Waals surface area contributed by atoms with E-state index in [4.69, 9.17) is 16.3 Å². The molecule has 1 saturated carbocycles. The lowest BCUT2D eigenvalue weighted by Gasteiger charge is -2.32. The van der Waals surface area contributed by atoms with Crippen molar-refractivity contribution in [1.29, 1.82) is 0 Å². The van der Waals surface area contributed by atoms with Crippen molar-refractivity contribution in [2.24, 2.45) is 0 Å². The first-order valence-electron chi connectivity index (χ1n) is 10.1. The predicted molar refractivity (Wildman–Crippen MR) is 110 cm³/mol. The highest BCUT2D eigenvalue weighted by Gasteiger charge is 2.36. The summed E-state index contributed by atoms with van der Waals surface area (Å²) in [5.41, 5.74) is 1.10. The third-order valence-corrected chi connectivity index (χ3v) is 5.87. The van der Waals surface area contributed by atoms with Gasteiger partial charge in [0.2, 0.25) is 5.91 Å². The molecule has 2 heterocycles. The molecule has 0 spiro atoms. The van der Waals surface area contributed by atoms with Gasteiger partial charge in [0.1, 0.15) is 12.6 Å². The Hall–Kier alpha value is -2.60. The second kappa shape index (κ2) is 8.82. The van der Waals surface area contributed by atoms with Gasteiger partial charge in [-0.15, -0.1) is 0 Å². The molecule has 1 aliphatic carbocycles. The molecule has 6 nitrogen and oxygen atoms in total. The zero-order valence-electron chi connectivity index (χ0n) is 16.1. The maximum absolute atomic E-state index is 13.4. The van der Waals surface area contributed by atoms with Gasteiger partial charge in [0, 0.05) is 18.4 Å². The molecule has 2 aliphatic rings. The lowest BCUT2D eigenvalue weighted by atomic mass is 9.94. The molecular formula is C22H24ClN3O3. The van der Waals surface area contributed by atoms with Gasteiger partial charge in [-0.2, -0.15) is 0 Å². The van der Waals surface area contributed by atoms with Crippen molar-refractivity contribution in [1.82, 2.24) is 15.2 Å². The van der Waals surface area contributed by atoms with Gasteiger partial charge < -0.3 is 15.0 Å². The molecule has 1 aliphatic heterocycles. The summed E-state index contributed by atoms with van der Waals surface area (Å²) in [6.45, 7) is 0.551. The fraction of sp³-hybridized carbons (Fsp3) is 0.409. The largest absolute Gasteiger partial charge is 0.489 e. The average Bonchev–Trinajstić information content (AvgIpc) is 2.90. The number of para-hydroxylation sites is 1. The highest BCUT2D eigenvalue weighted by Crippen LogP contribution is 2.34. The molecule has 2 aromatic rings. The molecule has 1 aromatic heterocycles. The van der Waals surface area contributed by atoms with Gasteiger partial charge in [0.25, 0.3) is 5.91 Å². The minimum Gasteiger partial charge on any atom is -0.489 e. The number of carbonyl (C=O) groups is 2. The van der Waals surface area contributed by atoms with E-state index in [1.165, 1.54) is 6.42 Å². The van der Waals surface area contributed by atoms with Gasteiger partial charge in [0.15, 0.2) is 5.75 Å². The average molecular weight is 414 g/mol. The number of aromatic nitrogens is 1. The number of hydrogen-bond donors (Lipinski definition) is 1. The maximum Gasteiger partial charge on any atom is 0.258 e. The number of nitrogens with zero attached hydrogens (tertiary/aromatic N) is 2. The molecule has 4 rings (SSSR count). The van der Waals surface area contributed by atoms with E-state index < -0.39 is 6.04 Å². The molecule has 7 heteroatoms. The first-order valence-corrected chi connectivity index (χ1v) is 10.5. The van der Waals surface area contributed by atoms with Crippen LogP contribution in [0.3, 0.4) is 0 Å². The fourth-order valence-corrected chi connectivity index (χ4v) is 4.35. The van der Waals surface area contributed by atoms with Crippen LogP contribution in [0, 0.1) is 0 Å². The number of rotatable bonds is 4. The van der Waals surface area contributed by atoms with Crippen LogP contribution < -0.4 is 10.1 Å². The first kappa shape index (κ1) is 19.7. The van der Waals surface area contributed by atoms with Crippen molar-refractivity contribution in [3.8, 4) is 5.75 Å². The summed E-state index contributed by atoms with van der Waals surface area (Å²) in [6.07, 6.45) is 8.67. The maximum atomic E-state index is 13.4. The topological polar surface area (TPSA) is 71.5 Å². The van der Waals surface area contributed by atoms with Crippen LogP contribution in [0.1, 0.15) is 54.1 Å². The van der Waals surface area contributed by atoms with Crippen molar-refractivity contribution in [3.63, 3.8) is 0 Å². The number of fused-ring (bicyclic) bond motifs is 1. The first-order chi connectivity index (χ1) is 14.1. The summed E-state index contributed by atoms with van der Waals surface area (Å²) < 4.78 is 5.76. The van der Waals surface area contributed by atoms with Crippen LogP contribution in [0.25, 0.3) is 0 Å². The summed E-state index contributed by atoms with van der Waals surface area (Å²) in [7, 11) is 0. The van der Waals surface area contributed by atoms with E-state index in [0.717, 1.165) is 31.2 Å². The number of hydrogen-bond acceptors (Lipinski definition) is 4. The van der Waals surface area contributed by atoms with E-state index in [-0.39, 0.29) is 31.0 Å². The Morgan fingerprint density at radius 2 is 1.93 bits per heavy atom. The van der Waals surface area contributed by atoms with Crippen LogP contribution in [0.15, 0.2) is 42.7 Å². The predicted octanol–water partition coefficient (Wildman–Crippen LogP) is 3.76. The Labute approximate surface area is 175 Å². The van der Waals surface area contributed by atoms with Crippen LogP contribution in [-0.2, 0) is 4.79 Å². The van der Waals surface area contributed by atoms with Crippen LogP contribution in [0.5, 0.6) is 5.75 Å². The number of ether oxygens (including phenoxy) is 1. The molecule has 0 saturated heterocycles. The Morgan fingerprint density at radius 3 is 2.69 bits per heavy atom. The van der Waals surface area contributed by atoms with Gasteiger partial charge in [-0.1, -0.05) is 36.9 Å². The molecular weight excluding hydrogens is 390 g/mol. The van der Waals surface area contributed by atoms with Crippen LogP contribution in [0.2, 0.25) is 5.02 Å². The number of nitrogens with one attached hydrogen (secondary N) is 1. The zero-order chi connectivity index (χ0) is 20.2. The molecule has 2 amide bonds. The highest BCUT2D eigenvalue weighted by molar-refractivity contribution is 6.32. The highest BCUT2D eigenvalue weighted by atomic mass is 35.5. The Bertz CT molecular complexity index is 884. The number of pyridine rings is 1. The van der Waals surface area contributed by atoms with E-state index in [9.17, 15) is 9.59 Å². The van der Waals surface area contributed by atoms with E-state index in [2.05, 4.69) is 10.3 Å². The molecule has 1 atom stereocenters. The van der Waals surface area contributed by atoms with Gasteiger partial charge in [-0.05, 0) is 42.7 Å². The smallest absolute Gasteiger partial charge is 0.258 e. The van der Waals surface area contributed by atoms with Crippen LogP contribution in [-0.4, -0.2) is 40.9 Å².